The van der Waals surface area contributed by atoms with Crippen molar-refractivity contribution >= 4 is 17.3 Å². The molecule has 1 fully saturated rings. The van der Waals surface area contributed by atoms with Crippen LogP contribution in [-0.4, -0.2) is 42.7 Å². The summed E-state index contributed by atoms with van der Waals surface area (Å²) >= 11 is 0. The summed E-state index contributed by atoms with van der Waals surface area (Å²) in [4.78, 5) is 23.9. The van der Waals surface area contributed by atoms with E-state index in [4.69, 9.17) is 5.11 Å². The van der Waals surface area contributed by atoms with Crippen molar-refractivity contribution in [2.75, 3.05) is 31.6 Å². The zero-order valence-electron chi connectivity index (χ0n) is 10.5. The molecule has 0 aromatic heterocycles. The second-order valence-corrected chi connectivity index (χ2v) is 4.49. The number of nitrogens with one attached hydrogen (secondary N) is 1. The molecule has 1 aromatic rings. The van der Waals surface area contributed by atoms with Crippen LogP contribution in [-0.2, 0) is 0 Å². The highest BCUT2D eigenvalue weighted by Gasteiger charge is 2.31. The summed E-state index contributed by atoms with van der Waals surface area (Å²) in [5.74, 6) is -0.140. The van der Waals surface area contributed by atoms with Gasteiger partial charge < -0.3 is 15.3 Å². The van der Waals surface area contributed by atoms with Gasteiger partial charge in [-0.3, -0.25) is 14.9 Å². The van der Waals surface area contributed by atoms with Crippen LogP contribution in [0, 0.1) is 16.0 Å². The number of nitro groups is 1. The second kappa shape index (κ2) is 5.23. The summed E-state index contributed by atoms with van der Waals surface area (Å²) in [6.45, 7) is 1.20. The first-order valence-electron chi connectivity index (χ1n) is 5.93. The highest BCUT2D eigenvalue weighted by Crippen LogP contribution is 2.33. The van der Waals surface area contributed by atoms with E-state index in [0.717, 1.165) is 0 Å². The smallest absolute Gasteiger partial charge is 0.292 e. The summed E-state index contributed by atoms with van der Waals surface area (Å²) < 4.78 is 0. The molecule has 1 aliphatic rings. The lowest BCUT2D eigenvalue weighted by Crippen LogP contribution is -2.48. The van der Waals surface area contributed by atoms with Crippen LogP contribution in [0.4, 0.5) is 11.4 Å². The molecular formula is C12H15N3O4. The van der Waals surface area contributed by atoms with Gasteiger partial charge in [-0.15, -0.1) is 0 Å². The van der Waals surface area contributed by atoms with E-state index in [0.29, 0.717) is 24.3 Å². The van der Waals surface area contributed by atoms with Crippen molar-refractivity contribution in [3.8, 4) is 0 Å². The van der Waals surface area contributed by atoms with Gasteiger partial charge in [0.25, 0.3) is 11.6 Å². The number of aliphatic hydroxyl groups is 1. The molecule has 1 saturated heterocycles. The standard InChI is InChI=1S/C12H15N3O4/c1-13-12(17)9-2-3-10(15(18)19)11(4-9)14-5-8(6-14)7-16/h2-4,8,16H,5-7H2,1H3,(H,13,17). The largest absolute Gasteiger partial charge is 0.396 e. The summed E-state index contributed by atoms with van der Waals surface area (Å²) in [7, 11) is 1.51. The Morgan fingerprint density at radius 3 is 2.79 bits per heavy atom. The number of aliphatic hydroxyl groups excluding tert-OH is 1. The monoisotopic (exact) mass is 265 g/mol. The number of amides is 1. The normalized spacial score (nSPS) is 14.9. The number of carbonyl (C=O) groups is 1. The van der Waals surface area contributed by atoms with Gasteiger partial charge in [-0.1, -0.05) is 0 Å². The van der Waals surface area contributed by atoms with E-state index in [1.807, 2.05) is 0 Å². The number of nitro benzene ring substituents is 1. The molecule has 1 heterocycles. The van der Waals surface area contributed by atoms with Gasteiger partial charge >= 0.3 is 0 Å². The van der Waals surface area contributed by atoms with Crippen molar-refractivity contribution in [1.82, 2.24) is 5.32 Å². The van der Waals surface area contributed by atoms with Crippen molar-refractivity contribution in [1.29, 1.82) is 0 Å². The number of nitrogens with zero attached hydrogens (tertiary/aromatic N) is 2. The molecular weight excluding hydrogens is 250 g/mol. The zero-order valence-corrected chi connectivity index (χ0v) is 10.5. The zero-order chi connectivity index (χ0) is 14.0. The Hall–Kier alpha value is -2.15. The first kappa shape index (κ1) is 13.3. The van der Waals surface area contributed by atoms with E-state index in [-0.39, 0.29) is 24.1 Å². The molecule has 0 atom stereocenters. The Balaban J connectivity index is 2.32. The maximum absolute atomic E-state index is 11.6. The van der Waals surface area contributed by atoms with Gasteiger partial charge in [0.05, 0.1) is 4.92 Å². The molecule has 1 amide bonds. The molecule has 2 N–H and O–H groups in total. The van der Waals surface area contributed by atoms with E-state index in [2.05, 4.69) is 5.32 Å². The van der Waals surface area contributed by atoms with Crippen LogP contribution in [0.3, 0.4) is 0 Å². The van der Waals surface area contributed by atoms with E-state index in [9.17, 15) is 14.9 Å². The third kappa shape index (κ3) is 2.50. The Bertz CT molecular complexity index is 512. The molecule has 0 bridgehead atoms. The molecule has 19 heavy (non-hydrogen) atoms. The van der Waals surface area contributed by atoms with E-state index in [1.165, 1.54) is 25.2 Å². The Morgan fingerprint density at radius 2 is 2.26 bits per heavy atom. The Labute approximate surface area is 110 Å². The lowest BCUT2D eigenvalue weighted by molar-refractivity contribution is -0.384. The van der Waals surface area contributed by atoms with Crippen LogP contribution in [0.15, 0.2) is 18.2 Å². The van der Waals surface area contributed by atoms with Crippen molar-refractivity contribution in [2.45, 2.75) is 0 Å². The van der Waals surface area contributed by atoms with Gasteiger partial charge in [0, 0.05) is 44.3 Å². The van der Waals surface area contributed by atoms with Crippen LogP contribution in [0.5, 0.6) is 0 Å². The first-order chi connectivity index (χ1) is 9.06. The molecule has 1 aliphatic heterocycles. The predicted octanol–water partition coefficient (Wildman–Crippen LogP) is 0.383. The Kier molecular flexibility index (Phi) is 3.66. The molecule has 0 saturated carbocycles. The number of carbonyl (C=O) groups excluding carboxylic acids is 1. The van der Waals surface area contributed by atoms with Crippen molar-refractivity contribution in [2.24, 2.45) is 5.92 Å². The molecule has 0 spiro atoms. The molecule has 0 aliphatic carbocycles. The fourth-order valence-electron chi connectivity index (χ4n) is 2.10. The molecule has 7 heteroatoms. The number of anilines is 1. The van der Waals surface area contributed by atoms with E-state index >= 15 is 0 Å². The highest BCUT2D eigenvalue weighted by atomic mass is 16.6. The SMILES string of the molecule is CNC(=O)c1ccc([N+](=O)[O-])c(N2CC(CO)C2)c1. The Morgan fingerprint density at radius 1 is 1.58 bits per heavy atom. The molecule has 2 rings (SSSR count). The second-order valence-electron chi connectivity index (χ2n) is 4.49. The van der Waals surface area contributed by atoms with Gasteiger partial charge in [0.2, 0.25) is 0 Å². The average Bonchev–Trinajstić information content (AvgIpc) is 2.36. The average molecular weight is 265 g/mol. The maximum Gasteiger partial charge on any atom is 0.292 e. The number of rotatable bonds is 4. The summed E-state index contributed by atoms with van der Waals surface area (Å²) in [5, 5.41) is 22.5. The van der Waals surface area contributed by atoms with Gasteiger partial charge in [0.1, 0.15) is 5.69 Å². The van der Waals surface area contributed by atoms with Crippen LogP contribution >= 0.6 is 0 Å². The number of hydrogen-bond acceptors (Lipinski definition) is 5. The predicted molar refractivity (Wildman–Crippen MR) is 69.3 cm³/mol. The van der Waals surface area contributed by atoms with Gasteiger partial charge in [-0.25, -0.2) is 0 Å². The number of benzene rings is 1. The third-order valence-electron chi connectivity index (χ3n) is 3.22. The van der Waals surface area contributed by atoms with Crippen molar-refractivity contribution < 1.29 is 14.8 Å². The molecule has 7 nitrogen and oxygen atoms in total. The van der Waals surface area contributed by atoms with Crippen molar-refractivity contribution in [3.05, 3.63) is 33.9 Å². The van der Waals surface area contributed by atoms with Crippen molar-refractivity contribution in [3.63, 3.8) is 0 Å². The lowest BCUT2D eigenvalue weighted by atomic mass is 9.99. The van der Waals surface area contributed by atoms with Gasteiger partial charge in [0.15, 0.2) is 0 Å². The minimum atomic E-state index is -0.463. The quantitative estimate of drug-likeness (QED) is 0.606. The molecule has 1 aromatic carbocycles. The summed E-state index contributed by atoms with van der Waals surface area (Å²) in [6, 6.07) is 4.29. The van der Waals surface area contributed by atoms with Crippen LogP contribution in [0.2, 0.25) is 0 Å². The van der Waals surface area contributed by atoms with Gasteiger partial charge in [-0.2, -0.15) is 0 Å². The minimum Gasteiger partial charge on any atom is -0.396 e. The highest BCUT2D eigenvalue weighted by molar-refractivity contribution is 5.95. The van der Waals surface area contributed by atoms with E-state index < -0.39 is 4.92 Å². The van der Waals surface area contributed by atoms with Gasteiger partial charge in [-0.05, 0) is 12.1 Å². The van der Waals surface area contributed by atoms with Crippen LogP contribution in [0.1, 0.15) is 10.4 Å². The maximum atomic E-state index is 11.6. The third-order valence-corrected chi connectivity index (χ3v) is 3.22. The molecule has 102 valence electrons. The van der Waals surface area contributed by atoms with E-state index in [1.54, 1.807) is 4.90 Å². The number of hydrogen-bond donors (Lipinski definition) is 2. The minimum absolute atomic E-state index is 0.0240. The topological polar surface area (TPSA) is 95.7 Å². The molecule has 0 radical (unpaired) electrons. The summed E-state index contributed by atoms with van der Waals surface area (Å²) in [5.41, 5.74) is 0.787. The summed E-state index contributed by atoms with van der Waals surface area (Å²) in [6.07, 6.45) is 0. The fraction of sp³-hybridized carbons (Fsp3) is 0.417. The first-order valence-corrected chi connectivity index (χ1v) is 5.93. The van der Waals surface area contributed by atoms with Crippen LogP contribution < -0.4 is 10.2 Å². The fourth-order valence-corrected chi connectivity index (χ4v) is 2.10. The van der Waals surface area contributed by atoms with Crippen LogP contribution in [0.25, 0.3) is 0 Å². The lowest BCUT2D eigenvalue weighted by Gasteiger charge is -2.39. The molecule has 0 unspecified atom stereocenters.